The first-order valence-electron chi connectivity index (χ1n) is 8.92. The lowest BCUT2D eigenvalue weighted by Gasteiger charge is -2.23. The van der Waals surface area contributed by atoms with E-state index in [1.165, 1.54) is 23.5 Å². The van der Waals surface area contributed by atoms with Crippen LogP contribution in [0.15, 0.2) is 59.8 Å². The Morgan fingerprint density at radius 2 is 2.04 bits per heavy atom. The van der Waals surface area contributed by atoms with E-state index in [4.69, 9.17) is 0 Å². The van der Waals surface area contributed by atoms with Crippen molar-refractivity contribution in [3.05, 3.63) is 71.0 Å². The van der Waals surface area contributed by atoms with Crippen LogP contribution in [-0.4, -0.2) is 37.0 Å². The fourth-order valence-corrected chi connectivity index (χ4v) is 5.01. The first-order valence-corrected chi connectivity index (χ1v) is 11.6. The Kier molecular flexibility index (Phi) is 4.99. The van der Waals surface area contributed by atoms with Crippen LogP contribution >= 0.6 is 11.3 Å². The minimum atomic E-state index is -3.37. The van der Waals surface area contributed by atoms with Crippen LogP contribution in [0.3, 0.4) is 0 Å². The molecule has 0 radical (unpaired) electrons. The maximum atomic E-state index is 12.8. The molecular weight excluding hydrogens is 394 g/mol. The van der Waals surface area contributed by atoms with Crippen LogP contribution in [0.1, 0.15) is 39.8 Å². The number of carbonyl (C=O) groups excluding carboxylic acids is 1. The van der Waals surface area contributed by atoms with Crippen molar-refractivity contribution in [2.75, 3.05) is 17.7 Å². The Hall–Kier alpha value is -2.58. The Balaban J connectivity index is 1.60. The molecule has 1 atom stereocenters. The zero-order chi connectivity index (χ0) is 19.7. The summed E-state index contributed by atoms with van der Waals surface area (Å²) in [5, 5.41) is 0.788. The lowest BCUT2D eigenvalue weighted by Crippen LogP contribution is -2.22. The molecule has 3 heterocycles. The number of nitrogens with zero attached hydrogens (tertiary/aromatic N) is 3. The summed E-state index contributed by atoms with van der Waals surface area (Å²) >= 11 is 1.33. The van der Waals surface area contributed by atoms with Crippen molar-refractivity contribution in [3.8, 4) is 0 Å². The molecular formula is C20H19N3O3S2. The van der Waals surface area contributed by atoms with Crippen LogP contribution in [0.5, 0.6) is 0 Å². The molecule has 0 amide bonds. The second-order valence-electron chi connectivity index (χ2n) is 6.74. The highest BCUT2D eigenvalue weighted by molar-refractivity contribution is 7.90. The van der Waals surface area contributed by atoms with Crippen molar-refractivity contribution < 1.29 is 13.2 Å². The predicted octanol–water partition coefficient (Wildman–Crippen LogP) is 3.51. The predicted molar refractivity (Wildman–Crippen MR) is 109 cm³/mol. The molecule has 2 aromatic heterocycles. The number of hydrogen-bond acceptors (Lipinski definition) is 7. The molecule has 1 aliphatic heterocycles. The minimum absolute atomic E-state index is 0.137. The molecule has 3 aromatic rings. The Morgan fingerprint density at radius 3 is 2.79 bits per heavy atom. The number of thiazole rings is 1. The highest BCUT2D eigenvalue weighted by Crippen LogP contribution is 2.37. The van der Waals surface area contributed by atoms with E-state index in [1.807, 2.05) is 18.2 Å². The van der Waals surface area contributed by atoms with Gasteiger partial charge in [-0.25, -0.2) is 13.4 Å². The summed E-state index contributed by atoms with van der Waals surface area (Å²) in [6.07, 6.45) is 6.53. The largest absolute Gasteiger partial charge is 0.339 e. The second kappa shape index (κ2) is 7.44. The molecule has 0 saturated carbocycles. The lowest BCUT2D eigenvalue weighted by atomic mass is 10.1. The average Bonchev–Trinajstić information content (AvgIpc) is 3.37. The van der Waals surface area contributed by atoms with Crippen molar-refractivity contribution in [2.24, 2.45) is 0 Å². The van der Waals surface area contributed by atoms with Gasteiger partial charge in [0, 0.05) is 24.6 Å². The molecule has 0 N–H and O–H groups in total. The Labute approximate surface area is 167 Å². The fraction of sp³-hybridized carbons (Fsp3) is 0.250. The fourth-order valence-electron chi connectivity index (χ4n) is 3.39. The van der Waals surface area contributed by atoms with Gasteiger partial charge < -0.3 is 4.90 Å². The van der Waals surface area contributed by atoms with Gasteiger partial charge in [-0.3, -0.25) is 9.78 Å². The standard InChI is InChI=1S/C20H19N3O3S2/c1-28(25,26)15-7-4-6-14(12-15)19(24)18-13-22-20(27-18)23-11-5-9-17(23)16-8-2-3-10-21-16/h2-4,6-8,10,12-13,17H,5,9,11H2,1H3/t17-/m0/s1. The molecule has 28 heavy (non-hydrogen) atoms. The zero-order valence-electron chi connectivity index (χ0n) is 15.3. The molecule has 144 valence electrons. The van der Waals surface area contributed by atoms with Crippen molar-refractivity contribution in [2.45, 2.75) is 23.8 Å². The molecule has 0 aliphatic carbocycles. The van der Waals surface area contributed by atoms with E-state index in [0.29, 0.717) is 10.4 Å². The van der Waals surface area contributed by atoms with Gasteiger partial charge in [0.1, 0.15) is 0 Å². The number of benzene rings is 1. The first kappa shape index (κ1) is 18.8. The van der Waals surface area contributed by atoms with E-state index in [0.717, 1.165) is 36.5 Å². The van der Waals surface area contributed by atoms with E-state index >= 15 is 0 Å². The van der Waals surface area contributed by atoms with Crippen LogP contribution < -0.4 is 4.90 Å². The molecule has 0 bridgehead atoms. The number of ketones is 1. The van der Waals surface area contributed by atoms with E-state index in [2.05, 4.69) is 14.9 Å². The molecule has 4 rings (SSSR count). The number of sulfone groups is 1. The van der Waals surface area contributed by atoms with Crippen molar-refractivity contribution in [1.29, 1.82) is 0 Å². The smallest absolute Gasteiger partial charge is 0.204 e. The maximum absolute atomic E-state index is 12.8. The van der Waals surface area contributed by atoms with Gasteiger partial charge in [0.2, 0.25) is 5.78 Å². The van der Waals surface area contributed by atoms with Gasteiger partial charge >= 0.3 is 0 Å². The summed E-state index contributed by atoms with van der Waals surface area (Å²) in [6, 6.07) is 12.2. The second-order valence-corrected chi connectivity index (χ2v) is 9.77. The van der Waals surface area contributed by atoms with E-state index in [-0.39, 0.29) is 16.7 Å². The highest BCUT2D eigenvalue weighted by atomic mass is 32.2. The summed E-state index contributed by atoms with van der Waals surface area (Å²) < 4.78 is 23.5. The quantitative estimate of drug-likeness (QED) is 0.596. The lowest BCUT2D eigenvalue weighted by molar-refractivity contribution is 0.104. The summed E-state index contributed by atoms with van der Waals surface area (Å²) in [4.78, 5) is 24.6. The average molecular weight is 414 g/mol. The molecule has 1 fully saturated rings. The zero-order valence-corrected chi connectivity index (χ0v) is 16.9. The van der Waals surface area contributed by atoms with Gasteiger partial charge in [0.25, 0.3) is 0 Å². The number of anilines is 1. The third-order valence-corrected chi connectivity index (χ3v) is 6.91. The van der Waals surface area contributed by atoms with Crippen molar-refractivity contribution in [3.63, 3.8) is 0 Å². The van der Waals surface area contributed by atoms with Gasteiger partial charge in [0.05, 0.1) is 27.7 Å². The molecule has 1 aromatic carbocycles. The Morgan fingerprint density at radius 1 is 1.18 bits per heavy atom. The maximum Gasteiger partial charge on any atom is 0.204 e. The molecule has 6 nitrogen and oxygen atoms in total. The molecule has 0 unspecified atom stereocenters. The minimum Gasteiger partial charge on any atom is -0.339 e. The van der Waals surface area contributed by atoms with Crippen molar-refractivity contribution >= 4 is 32.1 Å². The third kappa shape index (κ3) is 3.70. The summed E-state index contributed by atoms with van der Waals surface area (Å²) in [7, 11) is -3.37. The molecule has 1 aliphatic rings. The summed E-state index contributed by atoms with van der Waals surface area (Å²) in [6.45, 7) is 0.867. The van der Waals surface area contributed by atoms with Crippen LogP contribution in [0.4, 0.5) is 5.13 Å². The van der Waals surface area contributed by atoms with Gasteiger partial charge in [-0.2, -0.15) is 0 Å². The normalized spacial score (nSPS) is 17.0. The van der Waals surface area contributed by atoms with Crippen LogP contribution in [0, 0.1) is 0 Å². The molecule has 0 spiro atoms. The van der Waals surface area contributed by atoms with Crippen molar-refractivity contribution in [1.82, 2.24) is 9.97 Å². The summed E-state index contributed by atoms with van der Waals surface area (Å²) in [5.41, 5.74) is 1.35. The van der Waals surface area contributed by atoms with E-state index in [1.54, 1.807) is 24.5 Å². The monoisotopic (exact) mass is 413 g/mol. The number of hydrogen-bond donors (Lipinski definition) is 0. The number of carbonyl (C=O) groups is 1. The SMILES string of the molecule is CS(=O)(=O)c1cccc(C(=O)c2cnc(N3CCC[C@H]3c3ccccn3)s2)c1. The Bertz CT molecular complexity index is 1110. The summed E-state index contributed by atoms with van der Waals surface area (Å²) in [5.74, 6) is -0.220. The third-order valence-electron chi connectivity index (χ3n) is 4.77. The van der Waals surface area contributed by atoms with Crippen LogP contribution in [0.2, 0.25) is 0 Å². The van der Waals surface area contributed by atoms with Gasteiger partial charge in [0.15, 0.2) is 15.0 Å². The first-order chi connectivity index (χ1) is 13.4. The van der Waals surface area contributed by atoms with E-state index in [9.17, 15) is 13.2 Å². The number of rotatable bonds is 5. The molecule has 8 heteroatoms. The highest BCUT2D eigenvalue weighted by Gasteiger charge is 2.29. The van der Waals surface area contributed by atoms with E-state index < -0.39 is 9.84 Å². The van der Waals surface area contributed by atoms with Gasteiger partial charge in [-0.15, -0.1) is 0 Å². The number of pyridine rings is 1. The van der Waals surface area contributed by atoms with Crippen LogP contribution in [0.25, 0.3) is 0 Å². The van der Waals surface area contributed by atoms with Crippen LogP contribution in [-0.2, 0) is 9.84 Å². The van der Waals surface area contributed by atoms with Gasteiger partial charge in [-0.05, 0) is 37.1 Å². The molecule has 1 saturated heterocycles. The topological polar surface area (TPSA) is 80.2 Å². The van der Waals surface area contributed by atoms with Gasteiger partial charge in [-0.1, -0.05) is 29.5 Å². The number of aromatic nitrogens is 2.